The van der Waals surface area contributed by atoms with Gasteiger partial charge in [0.2, 0.25) is 0 Å². The number of carbonyl (C=O) groups excluding carboxylic acids is 4. The molecule has 2 saturated carbocycles. The van der Waals surface area contributed by atoms with E-state index in [9.17, 15) is 36.7 Å². The van der Waals surface area contributed by atoms with Gasteiger partial charge in [-0.05, 0) is 54.4 Å². The number of methoxy groups -OCH3 is 2. The number of hydrogen-bond donors (Lipinski definition) is 0. The lowest BCUT2D eigenvalue weighted by Crippen LogP contribution is -2.44. The smallest absolute Gasteiger partial charge is 0.411 e. The van der Waals surface area contributed by atoms with E-state index in [1.807, 2.05) is 0 Å². The van der Waals surface area contributed by atoms with Crippen LogP contribution in [0.15, 0.2) is 0 Å². The SMILES string of the molecule is COC(=O)[C@@H]1C[C@@]2(CN1C(=O)OC(C)(C)C)CC2(F)F.COC(=O)[C@@H]1C[C@]2(CN1C(=O)OC(C)(C)C)CC2(F)F. The normalized spacial score (nSPS) is 31.3. The minimum absolute atomic E-state index is 0.0775. The fourth-order valence-corrected chi connectivity index (χ4v) is 5.23. The molecule has 14 heteroatoms. The van der Waals surface area contributed by atoms with Crippen molar-refractivity contribution >= 4 is 24.1 Å². The Bertz CT molecular complexity index is 974. The van der Waals surface area contributed by atoms with Crippen LogP contribution in [0.4, 0.5) is 27.2 Å². The van der Waals surface area contributed by atoms with Crippen molar-refractivity contribution in [2.75, 3.05) is 27.3 Å². The molecule has 0 radical (unpaired) electrons. The van der Waals surface area contributed by atoms with Crippen LogP contribution in [0.1, 0.15) is 67.2 Å². The predicted molar refractivity (Wildman–Crippen MR) is 131 cm³/mol. The molecule has 4 atom stereocenters. The van der Waals surface area contributed by atoms with Gasteiger partial charge in [0.25, 0.3) is 11.8 Å². The summed E-state index contributed by atoms with van der Waals surface area (Å²) in [5.41, 5.74) is -4.08. The molecule has 2 aliphatic heterocycles. The van der Waals surface area contributed by atoms with Gasteiger partial charge in [-0.15, -0.1) is 0 Å². The molecule has 0 N–H and O–H groups in total. The van der Waals surface area contributed by atoms with Crippen molar-refractivity contribution in [2.45, 2.75) is 102 Å². The average molecular weight is 583 g/mol. The molecule has 228 valence electrons. The molecule has 2 heterocycles. The van der Waals surface area contributed by atoms with Crippen molar-refractivity contribution in [3.63, 3.8) is 0 Å². The number of hydrogen-bond acceptors (Lipinski definition) is 8. The van der Waals surface area contributed by atoms with Crippen molar-refractivity contribution in [3.8, 4) is 0 Å². The third-order valence-electron chi connectivity index (χ3n) is 7.49. The van der Waals surface area contributed by atoms with Crippen LogP contribution in [0.2, 0.25) is 0 Å². The van der Waals surface area contributed by atoms with Gasteiger partial charge in [0, 0.05) is 25.9 Å². The first-order valence-electron chi connectivity index (χ1n) is 12.9. The van der Waals surface area contributed by atoms with Crippen LogP contribution < -0.4 is 0 Å². The molecule has 2 saturated heterocycles. The molecule has 0 aromatic rings. The summed E-state index contributed by atoms with van der Waals surface area (Å²) < 4.78 is 73.4. The number of esters is 2. The lowest BCUT2D eigenvalue weighted by Gasteiger charge is -2.27. The van der Waals surface area contributed by atoms with Gasteiger partial charge in [0.1, 0.15) is 23.3 Å². The minimum Gasteiger partial charge on any atom is -0.467 e. The number of alkyl halides is 4. The topological polar surface area (TPSA) is 112 Å². The van der Waals surface area contributed by atoms with Gasteiger partial charge in [-0.1, -0.05) is 0 Å². The molecule has 4 fully saturated rings. The highest BCUT2D eigenvalue weighted by molar-refractivity contribution is 5.83. The molecule has 2 aliphatic carbocycles. The summed E-state index contributed by atoms with van der Waals surface area (Å²) in [6.45, 7) is 9.71. The molecule has 2 spiro atoms. The highest BCUT2D eigenvalue weighted by atomic mass is 19.3. The van der Waals surface area contributed by atoms with Crippen molar-refractivity contribution in [2.24, 2.45) is 10.8 Å². The molecular weight excluding hydrogens is 544 g/mol. The standard InChI is InChI=1S/2C13H19F2NO4/c2*1-11(2,3)20-10(18)16-7-12(6-13(12,14)15)5-8(16)9(17)19-4/h2*8H,5-7H2,1-4H3/t8-,12+;8-,12-/m00/s1. The second-order valence-electron chi connectivity index (χ2n) is 13.0. The second-order valence-corrected chi connectivity index (χ2v) is 13.0. The molecular formula is C26H38F4N2O8. The van der Waals surface area contributed by atoms with Crippen LogP contribution in [0.25, 0.3) is 0 Å². The van der Waals surface area contributed by atoms with Gasteiger partial charge in [-0.3, -0.25) is 9.80 Å². The summed E-state index contributed by atoms with van der Waals surface area (Å²) in [4.78, 5) is 49.7. The largest absolute Gasteiger partial charge is 0.467 e. The molecule has 40 heavy (non-hydrogen) atoms. The first-order valence-corrected chi connectivity index (χ1v) is 12.9. The Balaban J connectivity index is 0.000000220. The van der Waals surface area contributed by atoms with E-state index < -0.39 is 70.1 Å². The van der Waals surface area contributed by atoms with Crippen LogP contribution in [0, 0.1) is 10.8 Å². The van der Waals surface area contributed by atoms with Crippen LogP contribution in [-0.2, 0) is 28.5 Å². The van der Waals surface area contributed by atoms with Crippen molar-refractivity contribution < 1.29 is 55.7 Å². The van der Waals surface area contributed by atoms with Crippen LogP contribution in [-0.4, -0.2) is 96.4 Å². The number of likely N-dealkylation sites (tertiary alicyclic amines) is 2. The fraction of sp³-hybridized carbons (Fsp3) is 0.846. The minimum atomic E-state index is -2.82. The molecule has 0 bridgehead atoms. The summed E-state index contributed by atoms with van der Waals surface area (Å²) in [5, 5.41) is 0. The maximum atomic E-state index is 13.5. The number of halogens is 4. The van der Waals surface area contributed by atoms with Crippen LogP contribution >= 0.6 is 0 Å². The molecule has 4 aliphatic rings. The first kappa shape index (κ1) is 31.7. The third kappa shape index (κ3) is 6.24. The summed E-state index contributed by atoms with van der Waals surface area (Å²) >= 11 is 0. The maximum absolute atomic E-state index is 13.5. The maximum Gasteiger partial charge on any atom is 0.411 e. The summed E-state index contributed by atoms with van der Waals surface area (Å²) in [6, 6.07) is -1.99. The van der Waals surface area contributed by atoms with Crippen molar-refractivity contribution in [1.82, 2.24) is 9.80 Å². The molecule has 0 unspecified atom stereocenters. The van der Waals surface area contributed by atoms with Crippen LogP contribution in [0.5, 0.6) is 0 Å². The zero-order valence-corrected chi connectivity index (χ0v) is 24.1. The van der Waals surface area contributed by atoms with E-state index in [2.05, 4.69) is 9.47 Å². The van der Waals surface area contributed by atoms with Crippen molar-refractivity contribution in [1.29, 1.82) is 0 Å². The van der Waals surface area contributed by atoms with Gasteiger partial charge in [-0.25, -0.2) is 36.7 Å². The lowest BCUT2D eigenvalue weighted by atomic mass is 10.0. The Morgan fingerprint density at radius 2 is 0.925 bits per heavy atom. The molecule has 0 aromatic carbocycles. The number of nitrogens with zero attached hydrogens (tertiary/aromatic N) is 2. The Kier molecular flexibility index (Phi) is 7.88. The number of carbonyl (C=O) groups is 4. The van der Waals surface area contributed by atoms with E-state index in [-0.39, 0.29) is 38.8 Å². The Labute approximate surface area is 230 Å². The molecule has 0 aromatic heterocycles. The quantitative estimate of drug-likeness (QED) is 0.268. The highest BCUT2D eigenvalue weighted by Crippen LogP contribution is 2.67. The lowest BCUT2D eigenvalue weighted by molar-refractivity contribution is -0.146. The van der Waals surface area contributed by atoms with Crippen molar-refractivity contribution in [3.05, 3.63) is 0 Å². The molecule has 10 nitrogen and oxygen atoms in total. The monoisotopic (exact) mass is 582 g/mol. The Hall–Kier alpha value is -2.80. The van der Waals surface area contributed by atoms with Gasteiger partial charge in [0.15, 0.2) is 0 Å². The molecule has 4 rings (SSSR count). The van der Waals surface area contributed by atoms with E-state index in [1.165, 1.54) is 14.2 Å². The fourth-order valence-electron chi connectivity index (χ4n) is 5.23. The second kappa shape index (κ2) is 9.93. The van der Waals surface area contributed by atoms with Gasteiger partial charge >= 0.3 is 24.1 Å². The van der Waals surface area contributed by atoms with E-state index >= 15 is 0 Å². The number of amides is 2. The summed E-state index contributed by atoms with van der Waals surface area (Å²) in [5.74, 6) is -7.02. The number of ether oxygens (including phenoxy) is 4. The molecule has 2 amide bonds. The van der Waals surface area contributed by atoms with E-state index in [4.69, 9.17) is 9.47 Å². The predicted octanol–water partition coefficient (Wildman–Crippen LogP) is 4.39. The highest BCUT2D eigenvalue weighted by Gasteiger charge is 2.76. The van der Waals surface area contributed by atoms with E-state index in [1.54, 1.807) is 41.5 Å². The Morgan fingerprint density at radius 1 is 0.650 bits per heavy atom. The summed E-state index contributed by atoms with van der Waals surface area (Å²) in [6.07, 6.45) is -2.27. The van der Waals surface area contributed by atoms with Crippen LogP contribution in [0.3, 0.4) is 0 Å². The van der Waals surface area contributed by atoms with E-state index in [0.29, 0.717) is 0 Å². The average Bonchev–Trinajstić information content (AvgIpc) is 3.28. The van der Waals surface area contributed by atoms with Gasteiger partial charge < -0.3 is 18.9 Å². The zero-order valence-electron chi connectivity index (χ0n) is 24.1. The summed E-state index contributed by atoms with van der Waals surface area (Å²) in [7, 11) is 2.34. The van der Waals surface area contributed by atoms with Gasteiger partial charge in [0.05, 0.1) is 25.0 Å². The first-order chi connectivity index (χ1) is 18.0. The third-order valence-corrected chi connectivity index (χ3v) is 7.49. The number of rotatable bonds is 2. The Morgan fingerprint density at radius 3 is 1.12 bits per heavy atom. The van der Waals surface area contributed by atoms with E-state index in [0.717, 1.165) is 9.80 Å². The zero-order chi connectivity index (χ0) is 30.7. The van der Waals surface area contributed by atoms with Gasteiger partial charge in [-0.2, -0.15) is 0 Å².